The monoisotopic (exact) mass is 366 g/mol. The van der Waals surface area contributed by atoms with Gasteiger partial charge in [0, 0.05) is 7.11 Å². The first-order chi connectivity index (χ1) is 12.2. The Kier molecular flexibility index (Phi) is 15.5. The summed E-state index contributed by atoms with van der Waals surface area (Å²) in [6, 6.07) is 0. The smallest absolute Gasteiger partial charge is 0.0610 e. The summed E-state index contributed by atoms with van der Waals surface area (Å²) in [5, 5.41) is 0. The summed E-state index contributed by atoms with van der Waals surface area (Å²) in [4.78, 5) is 0. The second kappa shape index (κ2) is 15.7. The van der Waals surface area contributed by atoms with Gasteiger partial charge >= 0.3 is 0 Å². The third kappa shape index (κ3) is 15.9. The van der Waals surface area contributed by atoms with Crippen molar-refractivity contribution in [1.29, 1.82) is 0 Å². The van der Waals surface area contributed by atoms with Crippen LogP contribution in [0.2, 0.25) is 0 Å². The van der Waals surface area contributed by atoms with Crippen LogP contribution >= 0.6 is 0 Å². The van der Waals surface area contributed by atoms with E-state index in [4.69, 9.17) is 4.74 Å². The zero-order valence-corrected chi connectivity index (χ0v) is 19.4. The van der Waals surface area contributed by atoms with Crippen molar-refractivity contribution in [2.75, 3.05) is 7.11 Å². The van der Waals surface area contributed by atoms with Gasteiger partial charge in [0.2, 0.25) is 0 Å². The molecule has 156 valence electrons. The molecule has 0 heterocycles. The summed E-state index contributed by atoms with van der Waals surface area (Å²) < 4.78 is 5.63. The Labute approximate surface area is 166 Å². The van der Waals surface area contributed by atoms with Gasteiger partial charge in [-0.25, -0.2) is 0 Å². The normalized spacial score (nSPS) is 16.3. The van der Waals surface area contributed by atoms with Gasteiger partial charge in [0.15, 0.2) is 0 Å². The molecule has 0 saturated carbocycles. The van der Waals surface area contributed by atoms with Crippen molar-refractivity contribution in [3.05, 3.63) is 11.6 Å². The van der Waals surface area contributed by atoms with Crippen LogP contribution in [-0.4, -0.2) is 13.2 Å². The summed E-state index contributed by atoms with van der Waals surface area (Å²) in [6.45, 7) is 16.4. The second-order valence-electron chi connectivity index (χ2n) is 9.79. The lowest BCUT2D eigenvalue weighted by atomic mass is 9.92. The van der Waals surface area contributed by atoms with Crippen molar-refractivity contribution in [2.24, 2.45) is 23.7 Å². The molecule has 0 radical (unpaired) electrons. The molecule has 1 nitrogen and oxygen atoms in total. The second-order valence-corrected chi connectivity index (χ2v) is 9.79. The minimum absolute atomic E-state index is 0.390. The van der Waals surface area contributed by atoms with Gasteiger partial charge in [-0.1, -0.05) is 91.7 Å². The summed E-state index contributed by atoms with van der Waals surface area (Å²) in [6.07, 6.45) is 16.1. The van der Waals surface area contributed by atoms with E-state index in [1.807, 2.05) is 7.11 Å². The number of allylic oxidation sites excluding steroid dienone is 1. The van der Waals surface area contributed by atoms with Crippen molar-refractivity contribution >= 4 is 0 Å². The highest BCUT2D eigenvalue weighted by Crippen LogP contribution is 2.22. The van der Waals surface area contributed by atoms with Crippen LogP contribution in [0.25, 0.3) is 0 Å². The summed E-state index contributed by atoms with van der Waals surface area (Å²) in [5.74, 6) is 3.34. The topological polar surface area (TPSA) is 9.23 Å². The van der Waals surface area contributed by atoms with Crippen LogP contribution in [0.5, 0.6) is 0 Å². The van der Waals surface area contributed by atoms with Gasteiger partial charge in [-0.2, -0.15) is 0 Å². The van der Waals surface area contributed by atoms with Gasteiger partial charge in [-0.05, 0) is 56.3 Å². The van der Waals surface area contributed by atoms with Gasteiger partial charge in [-0.15, -0.1) is 0 Å². The molecule has 1 heteroatoms. The van der Waals surface area contributed by atoms with Crippen LogP contribution in [0.3, 0.4) is 0 Å². The molecule has 3 atom stereocenters. The van der Waals surface area contributed by atoms with E-state index < -0.39 is 0 Å². The fourth-order valence-corrected chi connectivity index (χ4v) is 3.82. The Hall–Kier alpha value is -0.300. The quantitative estimate of drug-likeness (QED) is 0.249. The van der Waals surface area contributed by atoms with Gasteiger partial charge in [0.1, 0.15) is 0 Å². The molecule has 26 heavy (non-hydrogen) atoms. The third-order valence-corrected chi connectivity index (χ3v) is 5.64. The van der Waals surface area contributed by atoms with Crippen LogP contribution in [0.15, 0.2) is 11.6 Å². The van der Waals surface area contributed by atoms with Crippen LogP contribution in [0, 0.1) is 23.7 Å². The summed E-state index contributed by atoms with van der Waals surface area (Å²) >= 11 is 0. The zero-order chi connectivity index (χ0) is 19.9. The molecule has 0 fully saturated rings. The lowest BCUT2D eigenvalue weighted by Crippen LogP contribution is -2.13. The predicted octanol–water partition coefficient (Wildman–Crippen LogP) is 8.43. The number of rotatable bonds is 16. The Morgan fingerprint density at radius 1 is 0.769 bits per heavy atom. The first kappa shape index (κ1) is 25.7. The van der Waals surface area contributed by atoms with Gasteiger partial charge < -0.3 is 4.74 Å². The molecule has 0 aliphatic carbocycles. The highest BCUT2D eigenvalue weighted by molar-refractivity contribution is 5.00. The van der Waals surface area contributed by atoms with E-state index in [1.54, 1.807) is 0 Å². The van der Waals surface area contributed by atoms with Crippen molar-refractivity contribution in [3.8, 4) is 0 Å². The average Bonchev–Trinajstić information content (AvgIpc) is 2.53. The first-order valence-electron chi connectivity index (χ1n) is 11.4. The third-order valence-electron chi connectivity index (χ3n) is 5.64. The number of hydrogen-bond donors (Lipinski definition) is 0. The van der Waals surface area contributed by atoms with Crippen molar-refractivity contribution < 1.29 is 4.74 Å². The minimum Gasteiger partial charge on any atom is -0.381 e. The molecule has 0 saturated heterocycles. The Bertz CT molecular complexity index is 342. The number of hydrogen-bond acceptors (Lipinski definition) is 1. The van der Waals surface area contributed by atoms with E-state index in [9.17, 15) is 0 Å². The van der Waals surface area contributed by atoms with E-state index in [0.717, 1.165) is 30.6 Å². The Balaban J connectivity index is 3.85. The van der Waals surface area contributed by atoms with E-state index in [-0.39, 0.29) is 0 Å². The maximum atomic E-state index is 5.63. The number of methoxy groups -OCH3 is 1. The standard InChI is InChI=1S/C25H50O/c1-20(2)12-9-13-22(5)14-10-15-23(6)16-11-17-24(7)19-25(26-8)18-21(3)4/h17,20-23,25H,9-16,18-19H2,1-8H3/b24-17+. The maximum Gasteiger partial charge on any atom is 0.0610 e. The van der Waals surface area contributed by atoms with E-state index in [0.29, 0.717) is 12.0 Å². The molecular weight excluding hydrogens is 316 g/mol. The average molecular weight is 367 g/mol. The number of ether oxygens (including phenoxy) is 1. The molecule has 0 aromatic heterocycles. The van der Waals surface area contributed by atoms with Crippen LogP contribution in [-0.2, 0) is 4.74 Å². The minimum atomic E-state index is 0.390. The predicted molar refractivity (Wildman–Crippen MR) is 119 cm³/mol. The Morgan fingerprint density at radius 3 is 1.81 bits per heavy atom. The van der Waals surface area contributed by atoms with Crippen molar-refractivity contribution in [1.82, 2.24) is 0 Å². The van der Waals surface area contributed by atoms with E-state index >= 15 is 0 Å². The fourth-order valence-electron chi connectivity index (χ4n) is 3.82. The Morgan fingerprint density at radius 2 is 1.31 bits per heavy atom. The largest absolute Gasteiger partial charge is 0.381 e. The molecule has 0 rings (SSSR count). The molecule has 0 spiro atoms. The van der Waals surface area contributed by atoms with Gasteiger partial charge in [-0.3, -0.25) is 0 Å². The molecule has 0 aromatic carbocycles. The SMILES string of the molecule is COC(C/C(C)=C/CCC(C)CCCC(C)CCCC(C)C)CC(C)C. The van der Waals surface area contributed by atoms with Gasteiger partial charge in [0.25, 0.3) is 0 Å². The molecular formula is C25H50O. The lowest BCUT2D eigenvalue weighted by Gasteiger charge is -2.18. The molecule has 3 unspecified atom stereocenters. The van der Waals surface area contributed by atoms with E-state index in [1.165, 1.54) is 56.9 Å². The van der Waals surface area contributed by atoms with Crippen LogP contribution in [0.4, 0.5) is 0 Å². The summed E-state index contributed by atoms with van der Waals surface area (Å²) in [7, 11) is 1.85. The fraction of sp³-hybridized carbons (Fsp3) is 0.920. The van der Waals surface area contributed by atoms with Crippen molar-refractivity contribution in [3.63, 3.8) is 0 Å². The highest BCUT2D eigenvalue weighted by atomic mass is 16.5. The molecule has 0 N–H and O–H groups in total. The van der Waals surface area contributed by atoms with Crippen molar-refractivity contribution in [2.45, 2.75) is 119 Å². The molecule has 0 aliphatic rings. The molecule has 0 bridgehead atoms. The summed E-state index contributed by atoms with van der Waals surface area (Å²) in [5.41, 5.74) is 1.50. The maximum absolute atomic E-state index is 5.63. The molecule has 0 amide bonds. The van der Waals surface area contributed by atoms with Crippen LogP contribution < -0.4 is 0 Å². The molecule has 0 aliphatic heterocycles. The van der Waals surface area contributed by atoms with E-state index in [2.05, 4.69) is 54.5 Å². The first-order valence-corrected chi connectivity index (χ1v) is 11.4. The lowest BCUT2D eigenvalue weighted by molar-refractivity contribution is 0.0847. The highest BCUT2D eigenvalue weighted by Gasteiger charge is 2.10. The van der Waals surface area contributed by atoms with Crippen LogP contribution in [0.1, 0.15) is 113 Å². The zero-order valence-electron chi connectivity index (χ0n) is 19.4. The van der Waals surface area contributed by atoms with Gasteiger partial charge in [0.05, 0.1) is 6.10 Å². The molecule has 0 aromatic rings.